The number of rotatable bonds is 2. The van der Waals surface area contributed by atoms with Crippen molar-refractivity contribution >= 4 is 5.69 Å². The van der Waals surface area contributed by atoms with Gasteiger partial charge in [0.2, 0.25) is 0 Å². The Morgan fingerprint density at radius 2 is 1.71 bits per heavy atom. The molecule has 0 amide bonds. The number of hydrogen-bond donors (Lipinski definition) is 1. The number of anilines is 1. The van der Waals surface area contributed by atoms with E-state index in [4.69, 9.17) is 5.73 Å². The molecule has 2 aromatic carbocycles. The second-order valence-electron chi connectivity index (χ2n) is 4.66. The fourth-order valence-corrected chi connectivity index (χ4v) is 2.25. The minimum Gasteiger partial charge on any atom is -0.394 e. The number of halogens is 1. The van der Waals surface area contributed by atoms with E-state index in [1.807, 2.05) is 30.3 Å². The molecule has 0 saturated carbocycles. The monoisotopic (exact) mass is 280 g/mol. The molecule has 0 atom stereocenters. The SMILES string of the molecule is Nc1c(-c2ccccc2)ccn(-c2cccc(F)c2)c1=O. The number of pyridine rings is 1. The van der Waals surface area contributed by atoms with Crippen molar-refractivity contribution in [2.75, 3.05) is 5.73 Å². The highest BCUT2D eigenvalue weighted by atomic mass is 19.1. The molecule has 0 aliphatic heterocycles. The highest BCUT2D eigenvalue weighted by Crippen LogP contribution is 2.23. The van der Waals surface area contributed by atoms with Crippen LogP contribution in [-0.2, 0) is 0 Å². The Morgan fingerprint density at radius 1 is 0.952 bits per heavy atom. The number of benzene rings is 2. The largest absolute Gasteiger partial charge is 0.394 e. The van der Waals surface area contributed by atoms with E-state index in [9.17, 15) is 9.18 Å². The highest BCUT2D eigenvalue weighted by Gasteiger charge is 2.09. The molecule has 0 unspecified atom stereocenters. The summed E-state index contributed by atoms with van der Waals surface area (Å²) < 4.78 is 14.6. The van der Waals surface area contributed by atoms with E-state index in [-0.39, 0.29) is 11.2 Å². The smallest absolute Gasteiger partial charge is 0.278 e. The molecule has 0 aliphatic carbocycles. The van der Waals surface area contributed by atoms with E-state index in [2.05, 4.69) is 0 Å². The molecule has 3 aromatic rings. The summed E-state index contributed by atoms with van der Waals surface area (Å²) in [4.78, 5) is 12.4. The van der Waals surface area contributed by atoms with E-state index >= 15 is 0 Å². The molecule has 21 heavy (non-hydrogen) atoms. The van der Waals surface area contributed by atoms with E-state index in [0.717, 1.165) is 5.56 Å². The van der Waals surface area contributed by atoms with Gasteiger partial charge < -0.3 is 5.73 Å². The van der Waals surface area contributed by atoms with Gasteiger partial charge in [0.05, 0.1) is 5.69 Å². The summed E-state index contributed by atoms with van der Waals surface area (Å²) in [7, 11) is 0. The molecule has 1 aromatic heterocycles. The third-order valence-electron chi connectivity index (χ3n) is 3.30. The Hall–Kier alpha value is -2.88. The van der Waals surface area contributed by atoms with Gasteiger partial charge in [-0.15, -0.1) is 0 Å². The van der Waals surface area contributed by atoms with Crippen LogP contribution in [-0.4, -0.2) is 4.57 Å². The maximum Gasteiger partial charge on any atom is 0.278 e. The molecule has 0 bridgehead atoms. The van der Waals surface area contributed by atoms with Crippen molar-refractivity contribution in [3.05, 3.63) is 83.0 Å². The first-order chi connectivity index (χ1) is 10.2. The predicted molar refractivity (Wildman–Crippen MR) is 81.8 cm³/mol. The number of aromatic nitrogens is 1. The fraction of sp³-hybridized carbons (Fsp3) is 0. The normalized spacial score (nSPS) is 10.5. The van der Waals surface area contributed by atoms with E-state index < -0.39 is 5.82 Å². The molecule has 0 saturated heterocycles. The third kappa shape index (κ3) is 2.43. The van der Waals surface area contributed by atoms with Crippen LogP contribution < -0.4 is 11.3 Å². The van der Waals surface area contributed by atoms with Crippen LogP contribution >= 0.6 is 0 Å². The molecule has 0 aliphatic rings. The summed E-state index contributed by atoms with van der Waals surface area (Å²) in [6.07, 6.45) is 1.61. The minimum absolute atomic E-state index is 0.146. The summed E-state index contributed by atoms with van der Waals surface area (Å²) >= 11 is 0. The number of nitrogen functional groups attached to an aromatic ring is 1. The molecular formula is C17H13FN2O. The summed E-state index contributed by atoms with van der Waals surface area (Å²) in [5.74, 6) is -0.398. The van der Waals surface area contributed by atoms with Gasteiger partial charge in [-0.25, -0.2) is 4.39 Å². The van der Waals surface area contributed by atoms with Crippen LogP contribution in [0.5, 0.6) is 0 Å². The second-order valence-corrected chi connectivity index (χ2v) is 4.66. The van der Waals surface area contributed by atoms with Gasteiger partial charge in [0.15, 0.2) is 0 Å². The number of nitrogens with two attached hydrogens (primary N) is 1. The molecule has 3 rings (SSSR count). The molecule has 0 spiro atoms. The zero-order valence-electron chi connectivity index (χ0n) is 11.2. The second kappa shape index (κ2) is 5.25. The quantitative estimate of drug-likeness (QED) is 0.783. The lowest BCUT2D eigenvalue weighted by Crippen LogP contribution is -2.21. The summed E-state index contributed by atoms with van der Waals surface area (Å²) in [6, 6.07) is 17.0. The number of hydrogen-bond acceptors (Lipinski definition) is 2. The first-order valence-corrected chi connectivity index (χ1v) is 6.49. The third-order valence-corrected chi connectivity index (χ3v) is 3.30. The maximum absolute atomic E-state index is 13.3. The van der Waals surface area contributed by atoms with Gasteiger partial charge in [0.1, 0.15) is 11.5 Å². The molecule has 0 radical (unpaired) electrons. The maximum atomic E-state index is 13.3. The molecular weight excluding hydrogens is 267 g/mol. The zero-order chi connectivity index (χ0) is 14.8. The Bertz CT molecular complexity index is 841. The number of nitrogens with zero attached hydrogens (tertiary/aromatic N) is 1. The van der Waals surface area contributed by atoms with Gasteiger partial charge in [-0.1, -0.05) is 36.4 Å². The van der Waals surface area contributed by atoms with Crippen molar-refractivity contribution in [2.45, 2.75) is 0 Å². The summed E-state index contributed by atoms with van der Waals surface area (Å²) in [5, 5.41) is 0. The first kappa shape index (κ1) is 13.1. The zero-order valence-corrected chi connectivity index (χ0v) is 11.2. The topological polar surface area (TPSA) is 48.0 Å². The Labute approximate surface area is 121 Å². The van der Waals surface area contributed by atoms with E-state index in [1.165, 1.54) is 16.7 Å². The van der Waals surface area contributed by atoms with Crippen LogP contribution in [0, 0.1) is 5.82 Å². The molecule has 4 heteroatoms. The van der Waals surface area contributed by atoms with Crippen LogP contribution in [0.4, 0.5) is 10.1 Å². The lowest BCUT2D eigenvalue weighted by molar-refractivity contribution is 0.626. The molecule has 0 fully saturated rings. The van der Waals surface area contributed by atoms with Crippen molar-refractivity contribution in [1.82, 2.24) is 4.57 Å². The first-order valence-electron chi connectivity index (χ1n) is 6.49. The van der Waals surface area contributed by atoms with Crippen molar-refractivity contribution in [1.29, 1.82) is 0 Å². The predicted octanol–water partition coefficient (Wildman–Crippen LogP) is 3.23. The van der Waals surface area contributed by atoms with Crippen molar-refractivity contribution in [2.24, 2.45) is 0 Å². The fourth-order valence-electron chi connectivity index (χ4n) is 2.25. The molecule has 104 valence electrons. The van der Waals surface area contributed by atoms with Crippen molar-refractivity contribution < 1.29 is 4.39 Å². The molecule has 3 nitrogen and oxygen atoms in total. The van der Waals surface area contributed by atoms with Crippen LogP contribution in [0.25, 0.3) is 16.8 Å². The minimum atomic E-state index is -0.398. The lowest BCUT2D eigenvalue weighted by atomic mass is 10.1. The Balaban J connectivity index is 2.16. The van der Waals surface area contributed by atoms with Gasteiger partial charge in [0, 0.05) is 11.8 Å². The van der Waals surface area contributed by atoms with Gasteiger partial charge in [0.25, 0.3) is 5.56 Å². The molecule has 2 N–H and O–H groups in total. The van der Waals surface area contributed by atoms with Crippen LogP contribution in [0.1, 0.15) is 0 Å². The van der Waals surface area contributed by atoms with E-state index in [0.29, 0.717) is 11.3 Å². The van der Waals surface area contributed by atoms with E-state index in [1.54, 1.807) is 24.4 Å². The lowest BCUT2D eigenvalue weighted by Gasteiger charge is -2.10. The van der Waals surface area contributed by atoms with Crippen LogP contribution in [0.3, 0.4) is 0 Å². The Kier molecular flexibility index (Phi) is 3.28. The standard InChI is InChI=1S/C17H13FN2O/c18-13-7-4-8-14(11-13)20-10-9-15(16(19)17(20)21)12-5-2-1-3-6-12/h1-11H,19H2. The average molecular weight is 280 g/mol. The average Bonchev–Trinajstić information content (AvgIpc) is 2.51. The van der Waals surface area contributed by atoms with Gasteiger partial charge in [-0.2, -0.15) is 0 Å². The van der Waals surface area contributed by atoms with Crippen molar-refractivity contribution in [3.63, 3.8) is 0 Å². The van der Waals surface area contributed by atoms with Gasteiger partial charge in [-0.3, -0.25) is 9.36 Å². The van der Waals surface area contributed by atoms with Crippen LogP contribution in [0.15, 0.2) is 71.7 Å². The highest BCUT2D eigenvalue weighted by molar-refractivity contribution is 5.75. The Morgan fingerprint density at radius 3 is 2.43 bits per heavy atom. The summed E-state index contributed by atoms with van der Waals surface area (Å²) in [5.41, 5.74) is 7.75. The molecule has 1 heterocycles. The summed E-state index contributed by atoms with van der Waals surface area (Å²) in [6.45, 7) is 0. The van der Waals surface area contributed by atoms with Gasteiger partial charge in [-0.05, 0) is 29.8 Å². The van der Waals surface area contributed by atoms with Gasteiger partial charge >= 0.3 is 0 Å². The van der Waals surface area contributed by atoms with Crippen LogP contribution in [0.2, 0.25) is 0 Å². The van der Waals surface area contributed by atoms with Crippen molar-refractivity contribution in [3.8, 4) is 16.8 Å².